The highest BCUT2D eigenvalue weighted by Gasteiger charge is 2.12. The maximum atomic E-state index is 9.21. The van der Waals surface area contributed by atoms with Crippen LogP contribution in [-0.4, -0.2) is 38.0 Å². The first kappa shape index (κ1) is 13.9. The molecule has 1 aromatic carbocycles. The molecule has 2 aromatic heterocycles. The number of nitrogens with one attached hydrogen (secondary N) is 1. The third kappa shape index (κ3) is 2.83. The third-order valence-electron chi connectivity index (χ3n) is 3.27. The topological polar surface area (TPSA) is 88.3 Å². The first-order valence-electron chi connectivity index (χ1n) is 6.70. The summed E-state index contributed by atoms with van der Waals surface area (Å²) >= 11 is 0. The molecule has 0 bridgehead atoms. The molecule has 0 radical (unpaired) electrons. The van der Waals surface area contributed by atoms with Crippen molar-refractivity contribution in [1.29, 1.82) is 0 Å². The molecular formula is C15H15N5O2. The van der Waals surface area contributed by atoms with Gasteiger partial charge in [0.2, 0.25) is 0 Å². The third-order valence-corrected chi connectivity index (χ3v) is 3.27. The average molecular weight is 297 g/mol. The Bertz CT molecular complexity index is 760. The molecule has 7 heteroatoms. The molecule has 3 aromatic rings. The highest BCUT2D eigenvalue weighted by Crippen LogP contribution is 2.14. The number of H-pyrrole nitrogens is 1. The molecule has 0 saturated heterocycles. The molecule has 0 aliphatic carbocycles. The number of hydrogen-bond donors (Lipinski definition) is 2. The fourth-order valence-corrected chi connectivity index (χ4v) is 2.09. The summed E-state index contributed by atoms with van der Waals surface area (Å²) in [6, 6.07) is 11.2. The Labute approximate surface area is 126 Å². The van der Waals surface area contributed by atoms with Crippen molar-refractivity contribution in [3.63, 3.8) is 0 Å². The van der Waals surface area contributed by atoms with Crippen molar-refractivity contribution < 1.29 is 9.94 Å². The van der Waals surface area contributed by atoms with Gasteiger partial charge < -0.3 is 14.9 Å². The maximum Gasteiger partial charge on any atom is 0.131 e. The highest BCUT2D eigenvalue weighted by atomic mass is 16.5. The van der Waals surface area contributed by atoms with Crippen LogP contribution in [0.15, 0.2) is 53.9 Å². The fraction of sp³-hybridized carbons (Fsp3) is 0.133. The minimum atomic E-state index is 0.446. The molecule has 112 valence electrons. The molecule has 3 rings (SSSR count). The van der Waals surface area contributed by atoms with E-state index in [0.717, 1.165) is 17.1 Å². The minimum absolute atomic E-state index is 0.446. The number of benzene rings is 1. The minimum Gasteiger partial charge on any atom is -0.497 e. The molecule has 0 fully saturated rings. The largest absolute Gasteiger partial charge is 0.497 e. The van der Waals surface area contributed by atoms with Crippen molar-refractivity contribution in [3.05, 3.63) is 60.2 Å². The summed E-state index contributed by atoms with van der Waals surface area (Å²) in [5.74, 6) is 0.772. The summed E-state index contributed by atoms with van der Waals surface area (Å²) in [7, 11) is 1.62. The Morgan fingerprint density at radius 3 is 2.77 bits per heavy atom. The number of aromatic amines is 1. The Morgan fingerprint density at radius 2 is 2.14 bits per heavy atom. The molecule has 2 heterocycles. The van der Waals surface area contributed by atoms with Gasteiger partial charge in [-0.05, 0) is 36.4 Å². The summed E-state index contributed by atoms with van der Waals surface area (Å²) in [4.78, 5) is 3.06. The van der Waals surface area contributed by atoms with Crippen LogP contribution < -0.4 is 4.74 Å². The molecule has 0 unspecified atom stereocenters. The number of hydrogen-bond acceptors (Lipinski definition) is 5. The normalized spacial score (nSPS) is 11.6. The second-order valence-electron chi connectivity index (χ2n) is 4.67. The van der Waals surface area contributed by atoms with E-state index in [1.165, 1.54) is 0 Å². The number of rotatable bonds is 5. The fourth-order valence-electron chi connectivity index (χ4n) is 2.09. The van der Waals surface area contributed by atoms with Crippen LogP contribution in [0.2, 0.25) is 0 Å². The van der Waals surface area contributed by atoms with Crippen molar-refractivity contribution in [2.24, 2.45) is 5.16 Å². The van der Waals surface area contributed by atoms with Crippen molar-refractivity contribution in [1.82, 2.24) is 20.0 Å². The lowest BCUT2D eigenvalue weighted by atomic mass is 10.1. The van der Waals surface area contributed by atoms with Gasteiger partial charge in [0, 0.05) is 18.3 Å². The lowest BCUT2D eigenvalue weighted by molar-refractivity contribution is 0.318. The van der Waals surface area contributed by atoms with E-state index >= 15 is 0 Å². The first-order valence-corrected chi connectivity index (χ1v) is 6.70. The molecule has 0 spiro atoms. The highest BCUT2D eigenvalue weighted by molar-refractivity contribution is 5.99. The van der Waals surface area contributed by atoms with Gasteiger partial charge in [-0.25, -0.2) is 4.68 Å². The van der Waals surface area contributed by atoms with Crippen LogP contribution in [0.5, 0.6) is 5.75 Å². The zero-order valence-electron chi connectivity index (χ0n) is 12.0. The molecule has 0 saturated carbocycles. The van der Waals surface area contributed by atoms with Crippen LogP contribution in [0, 0.1) is 0 Å². The standard InChI is InChI=1S/C15H15N5O2/c1-22-13-6-4-12(5-7-13)20-10-15(17-19-20)14(18-21)9-11-3-2-8-16-11/h2-8,10,16,21H,9H2,1H3/b18-14+. The van der Waals surface area contributed by atoms with E-state index < -0.39 is 0 Å². The molecule has 0 aliphatic heterocycles. The van der Waals surface area contributed by atoms with Crippen LogP contribution in [0.25, 0.3) is 5.69 Å². The average Bonchev–Trinajstić information content (AvgIpc) is 3.24. The van der Waals surface area contributed by atoms with Gasteiger partial charge in [-0.1, -0.05) is 10.4 Å². The zero-order valence-corrected chi connectivity index (χ0v) is 12.0. The van der Waals surface area contributed by atoms with E-state index in [4.69, 9.17) is 4.74 Å². The van der Waals surface area contributed by atoms with Gasteiger partial charge >= 0.3 is 0 Å². The predicted molar refractivity (Wildman–Crippen MR) is 80.7 cm³/mol. The van der Waals surface area contributed by atoms with Gasteiger partial charge in [0.1, 0.15) is 17.2 Å². The predicted octanol–water partition coefficient (Wildman–Crippen LogP) is 2.02. The lowest BCUT2D eigenvalue weighted by Crippen LogP contribution is -2.06. The second-order valence-corrected chi connectivity index (χ2v) is 4.67. The summed E-state index contributed by atoms with van der Waals surface area (Å²) in [6.45, 7) is 0. The summed E-state index contributed by atoms with van der Waals surface area (Å²) < 4.78 is 6.74. The first-order chi connectivity index (χ1) is 10.8. The van der Waals surface area contributed by atoms with Crippen LogP contribution in [0.1, 0.15) is 11.4 Å². The number of methoxy groups -OCH3 is 1. The molecule has 22 heavy (non-hydrogen) atoms. The molecule has 2 N–H and O–H groups in total. The Hall–Kier alpha value is -3.09. The van der Waals surface area contributed by atoms with Crippen LogP contribution in [-0.2, 0) is 6.42 Å². The number of ether oxygens (including phenoxy) is 1. The second kappa shape index (κ2) is 6.13. The molecule has 0 atom stereocenters. The summed E-state index contributed by atoms with van der Waals surface area (Å²) in [6.07, 6.45) is 3.99. The van der Waals surface area contributed by atoms with Gasteiger partial charge in [-0.15, -0.1) is 5.10 Å². The molecule has 7 nitrogen and oxygen atoms in total. The van der Waals surface area contributed by atoms with Crippen LogP contribution in [0.3, 0.4) is 0 Å². The smallest absolute Gasteiger partial charge is 0.131 e. The molecule has 0 amide bonds. The summed E-state index contributed by atoms with van der Waals surface area (Å²) in [5.41, 5.74) is 2.75. The quantitative estimate of drug-likeness (QED) is 0.428. The van der Waals surface area contributed by atoms with E-state index in [2.05, 4.69) is 20.5 Å². The van der Waals surface area contributed by atoms with Gasteiger partial charge in [-0.3, -0.25) is 0 Å². The summed E-state index contributed by atoms with van der Waals surface area (Å²) in [5, 5.41) is 20.7. The van der Waals surface area contributed by atoms with E-state index in [1.54, 1.807) is 18.0 Å². The van der Waals surface area contributed by atoms with E-state index in [0.29, 0.717) is 17.8 Å². The van der Waals surface area contributed by atoms with Gasteiger partial charge in [0.05, 0.1) is 19.0 Å². The molecular weight excluding hydrogens is 282 g/mol. The zero-order chi connectivity index (χ0) is 15.4. The number of nitrogens with zero attached hydrogens (tertiary/aromatic N) is 4. The molecule has 0 aliphatic rings. The Balaban J connectivity index is 1.82. The van der Waals surface area contributed by atoms with E-state index in [-0.39, 0.29) is 0 Å². The van der Waals surface area contributed by atoms with Gasteiger partial charge in [0.25, 0.3) is 0 Å². The van der Waals surface area contributed by atoms with Crippen molar-refractivity contribution >= 4 is 5.71 Å². The van der Waals surface area contributed by atoms with Crippen LogP contribution >= 0.6 is 0 Å². The van der Waals surface area contributed by atoms with Crippen molar-refractivity contribution in [2.75, 3.05) is 7.11 Å². The lowest BCUT2D eigenvalue weighted by Gasteiger charge is -2.02. The Kier molecular flexibility index (Phi) is 3.86. The number of aromatic nitrogens is 4. The monoisotopic (exact) mass is 297 g/mol. The number of oxime groups is 1. The van der Waals surface area contributed by atoms with Crippen LogP contribution in [0.4, 0.5) is 0 Å². The maximum absolute atomic E-state index is 9.21. The SMILES string of the molecule is COc1ccc(-n2cc(/C(Cc3ccc[nH]3)=N/O)nn2)cc1. The Morgan fingerprint density at radius 1 is 1.32 bits per heavy atom. The van der Waals surface area contributed by atoms with E-state index in [1.807, 2.05) is 42.6 Å². The van der Waals surface area contributed by atoms with Gasteiger partial charge in [-0.2, -0.15) is 0 Å². The van der Waals surface area contributed by atoms with Crippen molar-refractivity contribution in [2.45, 2.75) is 6.42 Å². The van der Waals surface area contributed by atoms with Crippen molar-refractivity contribution in [3.8, 4) is 11.4 Å². The van der Waals surface area contributed by atoms with Gasteiger partial charge in [0.15, 0.2) is 0 Å². The van der Waals surface area contributed by atoms with E-state index in [9.17, 15) is 5.21 Å².